The SMILES string of the molecule is CC(c1cccs1)N1CC(CBr)CC1=O. The predicted octanol–water partition coefficient (Wildman–Crippen LogP) is 3.05. The second-order valence-corrected chi connectivity index (χ2v) is 5.59. The Hall–Kier alpha value is -0.350. The van der Waals surface area contributed by atoms with E-state index in [1.165, 1.54) is 4.88 Å². The van der Waals surface area contributed by atoms with E-state index in [4.69, 9.17) is 0 Å². The van der Waals surface area contributed by atoms with Gasteiger partial charge in [-0.05, 0) is 24.3 Å². The van der Waals surface area contributed by atoms with Crippen molar-refractivity contribution in [1.82, 2.24) is 4.90 Å². The molecule has 2 heterocycles. The smallest absolute Gasteiger partial charge is 0.223 e. The van der Waals surface area contributed by atoms with Crippen LogP contribution in [0.2, 0.25) is 0 Å². The number of carbonyl (C=O) groups is 1. The van der Waals surface area contributed by atoms with Crippen molar-refractivity contribution in [2.75, 3.05) is 11.9 Å². The molecule has 1 amide bonds. The molecular weight excluding hydrogens is 274 g/mol. The van der Waals surface area contributed by atoms with Gasteiger partial charge in [0.25, 0.3) is 0 Å². The van der Waals surface area contributed by atoms with Gasteiger partial charge in [0.2, 0.25) is 5.91 Å². The molecule has 0 aliphatic carbocycles. The highest BCUT2D eigenvalue weighted by Gasteiger charge is 2.32. The Morgan fingerprint density at radius 1 is 1.73 bits per heavy atom. The molecule has 0 radical (unpaired) electrons. The maximum atomic E-state index is 11.8. The third kappa shape index (κ3) is 2.26. The Labute approximate surface area is 102 Å². The third-order valence-electron chi connectivity index (χ3n) is 2.88. The number of hydrogen-bond acceptors (Lipinski definition) is 2. The van der Waals surface area contributed by atoms with Crippen LogP contribution in [0.3, 0.4) is 0 Å². The van der Waals surface area contributed by atoms with Crippen molar-refractivity contribution in [3.63, 3.8) is 0 Å². The molecule has 1 aromatic rings. The van der Waals surface area contributed by atoms with E-state index in [2.05, 4.69) is 34.3 Å². The van der Waals surface area contributed by atoms with Gasteiger partial charge in [-0.25, -0.2) is 0 Å². The lowest BCUT2D eigenvalue weighted by Gasteiger charge is -2.23. The summed E-state index contributed by atoms with van der Waals surface area (Å²) in [7, 11) is 0. The fraction of sp³-hybridized carbons (Fsp3) is 0.545. The van der Waals surface area contributed by atoms with E-state index >= 15 is 0 Å². The molecule has 2 rings (SSSR count). The van der Waals surface area contributed by atoms with Crippen molar-refractivity contribution in [3.05, 3.63) is 22.4 Å². The van der Waals surface area contributed by atoms with E-state index in [0.29, 0.717) is 18.2 Å². The highest BCUT2D eigenvalue weighted by atomic mass is 79.9. The summed E-state index contributed by atoms with van der Waals surface area (Å²) in [6, 6.07) is 4.38. The fourth-order valence-corrected chi connectivity index (χ4v) is 3.20. The normalized spacial score (nSPS) is 23.5. The van der Waals surface area contributed by atoms with Crippen LogP contribution in [-0.4, -0.2) is 22.7 Å². The van der Waals surface area contributed by atoms with Crippen LogP contribution in [0.5, 0.6) is 0 Å². The van der Waals surface area contributed by atoms with Gasteiger partial charge >= 0.3 is 0 Å². The fourth-order valence-electron chi connectivity index (χ4n) is 1.97. The average molecular weight is 288 g/mol. The van der Waals surface area contributed by atoms with Crippen molar-refractivity contribution in [1.29, 1.82) is 0 Å². The van der Waals surface area contributed by atoms with Gasteiger partial charge in [0.1, 0.15) is 0 Å². The first-order chi connectivity index (χ1) is 7.22. The standard InChI is InChI=1S/C11H14BrNOS/c1-8(10-3-2-4-15-10)13-7-9(6-12)5-11(13)14/h2-4,8-9H,5-7H2,1H3. The van der Waals surface area contributed by atoms with Crippen LogP contribution in [0.4, 0.5) is 0 Å². The van der Waals surface area contributed by atoms with Gasteiger partial charge in [-0.15, -0.1) is 11.3 Å². The van der Waals surface area contributed by atoms with E-state index < -0.39 is 0 Å². The number of thiophene rings is 1. The Kier molecular flexibility index (Phi) is 3.46. The second kappa shape index (κ2) is 4.66. The predicted molar refractivity (Wildman–Crippen MR) is 66.3 cm³/mol. The van der Waals surface area contributed by atoms with Gasteiger partial charge in [-0.3, -0.25) is 4.79 Å². The van der Waals surface area contributed by atoms with Gasteiger partial charge < -0.3 is 4.90 Å². The summed E-state index contributed by atoms with van der Waals surface area (Å²) < 4.78 is 0. The molecule has 0 N–H and O–H groups in total. The number of nitrogens with zero attached hydrogens (tertiary/aromatic N) is 1. The minimum atomic E-state index is 0.238. The van der Waals surface area contributed by atoms with E-state index in [-0.39, 0.29) is 6.04 Å². The van der Waals surface area contributed by atoms with Crippen molar-refractivity contribution < 1.29 is 4.79 Å². The molecule has 82 valence electrons. The first-order valence-electron chi connectivity index (χ1n) is 5.11. The molecule has 2 atom stereocenters. The average Bonchev–Trinajstić information content (AvgIpc) is 2.85. The van der Waals surface area contributed by atoms with Crippen LogP contribution in [0.15, 0.2) is 17.5 Å². The topological polar surface area (TPSA) is 20.3 Å². The van der Waals surface area contributed by atoms with Crippen molar-refractivity contribution in [3.8, 4) is 0 Å². The number of hydrogen-bond donors (Lipinski definition) is 0. The monoisotopic (exact) mass is 287 g/mol. The van der Waals surface area contributed by atoms with Gasteiger partial charge in [0.15, 0.2) is 0 Å². The molecule has 0 saturated carbocycles. The molecule has 1 saturated heterocycles. The van der Waals surface area contributed by atoms with Gasteiger partial charge in [-0.1, -0.05) is 22.0 Å². The molecule has 2 nitrogen and oxygen atoms in total. The summed E-state index contributed by atoms with van der Waals surface area (Å²) in [5.74, 6) is 0.778. The largest absolute Gasteiger partial charge is 0.335 e. The highest BCUT2D eigenvalue weighted by molar-refractivity contribution is 9.09. The minimum Gasteiger partial charge on any atom is -0.335 e. The molecule has 4 heteroatoms. The van der Waals surface area contributed by atoms with Gasteiger partial charge in [-0.2, -0.15) is 0 Å². The molecule has 1 aliphatic heterocycles. The van der Waals surface area contributed by atoms with Crippen molar-refractivity contribution in [2.24, 2.45) is 5.92 Å². The lowest BCUT2D eigenvalue weighted by atomic mass is 10.2. The first-order valence-corrected chi connectivity index (χ1v) is 7.11. The summed E-state index contributed by atoms with van der Waals surface area (Å²) in [6.07, 6.45) is 0.695. The summed E-state index contributed by atoms with van der Waals surface area (Å²) in [6.45, 7) is 3.00. The summed E-state index contributed by atoms with van der Waals surface area (Å²) in [4.78, 5) is 15.1. The molecular formula is C11H14BrNOS. The molecule has 0 bridgehead atoms. The van der Waals surface area contributed by atoms with Crippen LogP contribution < -0.4 is 0 Å². The zero-order valence-corrected chi connectivity index (χ0v) is 11.1. The number of likely N-dealkylation sites (tertiary alicyclic amines) is 1. The summed E-state index contributed by atoms with van der Waals surface area (Å²) >= 11 is 5.18. The highest BCUT2D eigenvalue weighted by Crippen LogP contribution is 2.31. The molecule has 1 aliphatic rings. The van der Waals surface area contributed by atoms with Gasteiger partial charge in [0.05, 0.1) is 6.04 Å². The number of carbonyl (C=O) groups excluding carboxylic acids is 1. The Balaban J connectivity index is 2.08. The Morgan fingerprint density at radius 2 is 2.53 bits per heavy atom. The maximum Gasteiger partial charge on any atom is 0.223 e. The zero-order valence-electron chi connectivity index (χ0n) is 8.65. The minimum absolute atomic E-state index is 0.238. The number of halogens is 1. The van der Waals surface area contributed by atoms with Gasteiger partial charge in [0, 0.05) is 23.2 Å². The summed E-state index contributed by atoms with van der Waals surface area (Å²) in [5.41, 5.74) is 0. The second-order valence-electron chi connectivity index (χ2n) is 3.96. The molecule has 2 unspecified atom stereocenters. The molecule has 1 aromatic heterocycles. The summed E-state index contributed by atoms with van der Waals surface area (Å²) in [5, 5.41) is 2.99. The van der Waals surface area contributed by atoms with Crippen LogP contribution >= 0.6 is 27.3 Å². The van der Waals surface area contributed by atoms with Crippen LogP contribution in [0, 0.1) is 5.92 Å². The molecule has 0 spiro atoms. The van der Waals surface area contributed by atoms with E-state index in [9.17, 15) is 4.79 Å². The lowest BCUT2D eigenvalue weighted by molar-refractivity contribution is -0.129. The van der Waals surface area contributed by atoms with E-state index in [1.54, 1.807) is 11.3 Å². The van der Waals surface area contributed by atoms with Crippen LogP contribution in [-0.2, 0) is 4.79 Å². The van der Waals surface area contributed by atoms with Crippen LogP contribution in [0.25, 0.3) is 0 Å². The quantitative estimate of drug-likeness (QED) is 0.783. The number of amides is 1. The Bertz CT molecular complexity index is 338. The molecule has 0 aromatic carbocycles. The van der Waals surface area contributed by atoms with E-state index in [1.807, 2.05) is 11.0 Å². The van der Waals surface area contributed by atoms with Crippen molar-refractivity contribution >= 4 is 33.2 Å². The Morgan fingerprint density at radius 3 is 3.07 bits per heavy atom. The zero-order chi connectivity index (χ0) is 10.8. The lowest BCUT2D eigenvalue weighted by Crippen LogP contribution is -2.28. The van der Waals surface area contributed by atoms with E-state index in [0.717, 1.165) is 11.9 Å². The third-order valence-corrected chi connectivity index (χ3v) is 4.84. The van der Waals surface area contributed by atoms with Crippen molar-refractivity contribution in [2.45, 2.75) is 19.4 Å². The first kappa shape index (κ1) is 11.1. The number of alkyl halides is 1. The number of rotatable bonds is 3. The maximum absolute atomic E-state index is 11.8. The van der Waals surface area contributed by atoms with Crippen LogP contribution in [0.1, 0.15) is 24.3 Å². The molecule has 1 fully saturated rings. The molecule has 15 heavy (non-hydrogen) atoms.